The topological polar surface area (TPSA) is 73.8 Å². The molecule has 8 nitrogen and oxygen atoms in total. The van der Waals surface area contributed by atoms with Gasteiger partial charge in [0.1, 0.15) is 12.4 Å². The molecule has 0 saturated heterocycles. The highest BCUT2D eigenvalue weighted by Crippen LogP contribution is 2.07. The van der Waals surface area contributed by atoms with Gasteiger partial charge in [-0.3, -0.25) is 0 Å². The summed E-state index contributed by atoms with van der Waals surface area (Å²) in [6, 6.07) is 9.70. The van der Waals surface area contributed by atoms with Gasteiger partial charge in [0, 0.05) is 6.61 Å². The van der Waals surface area contributed by atoms with E-state index in [0.29, 0.717) is 92.5 Å². The third kappa shape index (κ3) is 22.5. The monoisotopic (exact) mass is 486 g/mol. The fourth-order valence-electron chi connectivity index (χ4n) is 2.79. The Morgan fingerprint density at radius 3 is 1.21 bits per heavy atom. The Hall–Kier alpha value is -1.26. The second-order valence-electron chi connectivity index (χ2n) is 7.51. The second-order valence-corrected chi connectivity index (χ2v) is 7.51. The van der Waals surface area contributed by atoms with Crippen LogP contribution in [-0.2, 0) is 33.2 Å². The zero-order valence-electron chi connectivity index (χ0n) is 21.1. The van der Waals surface area contributed by atoms with Crippen molar-refractivity contribution in [2.45, 2.75) is 32.6 Å². The predicted octanol–water partition coefficient (Wildman–Crippen LogP) is 3.76. The molecule has 0 radical (unpaired) electrons. The summed E-state index contributed by atoms with van der Waals surface area (Å²) < 4.78 is 43.8. The van der Waals surface area contributed by atoms with Crippen molar-refractivity contribution in [1.29, 1.82) is 0 Å². The molecule has 1 rings (SSSR count). The first kappa shape index (κ1) is 30.8. The average Bonchev–Trinajstić information content (AvgIpc) is 2.87. The Balaban J connectivity index is 1.64. The van der Waals surface area contributed by atoms with E-state index >= 15 is 0 Å². The van der Waals surface area contributed by atoms with Crippen molar-refractivity contribution in [3.63, 3.8) is 0 Å². The Morgan fingerprint density at radius 2 is 0.794 bits per heavy atom. The molecule has 34 heavy (non-hydrogen) atoms. The lowest BCUT2D eigenvalue weighted by molar-refractivity contribution is -0.0213. The molecule has 0 saturated carbocycles. The molecule has 0 aromatic heterocycles. The van der Waals surface area contributed by atoms with E-state index in [1.807, 2.05) is 30.3 Å². The van der Waals surface area contributed by atoms with Crippen LogP contribution >= 0.6 is 0 Å². The minimum atomic E-state index is 0.528. The van der Waals surface area contributed by atoms with Crippen LogP contribution in [0.2, 0.25) is 0 Å². The molecule has 0 aliphatic rings. The molecular weight excluding hydrogens is 440 g/mol. The van der Waals surface area contributed by atoms with Crippen LogP contribution in [0, 0.1) is 0 Å². The summed E-state index contributed by atoms with van der Waals surface area (Å²) in [5, 5.41) is 0. The summed E-state index contributed by atoms with van der Waals surface area (Å²) in [4.78, 5) is 0. The van der Waals surface area contributed by atoms with E-state index in [9.17, 15) is 0 Å². The molecule has 0 heterocycles. The van der Waals surface area contributed by atoms with Crippen LogP contribution in [0.15, 0.2) is 30.3 Å². The summed E-state index contributed by atoms with van der Waals surface area (Å²) in [7, 11) is 0. The first-order valence-electron chi connectivity index (χ1n) is 12.7. The Labute approximate surface area is 206 Å². The van der Waals surface area contributed by atoms with Crippen LogP contribution in [0.25, 0.3) is 0 Å². The molecule has 0 fully saturated rings. The molecule has 1 aromatic rings. The summed E-state index contributed by atoms with van der Waals surface area (Å²) in [5.41, 5.74) is 0. The van der Waals surface area contributed by atoms with Gasteiger partial charge in [-0.1, -0.05) is 44.4 Å². The maximum atomic E-state index is 5.54. The Bertz CT molecular complexity index is 503. The van der Waals surface area contributed by atoms with Gasteiger partial charge in [0.15, 0.2) is 0 Å². The third-order valence-corrected chi connectivity index (χ3v) is 4.61. The highest BCUT2D eigenvalue weighted by Gasteiger charge is 1.96. The maximum absolute atomic E-state index is 5.54. The average molecular weight is 487 g/mol. The second kappa shape index (κ2) is 26.3. The minimum Gasteiger partial charge on any atom is -0.491 e. The molecule has 1 aromatic carbocycles. The van der Waals surface area contributed by atoms with Gasteiger partial charge < -0.3 is 37.9 Å². The van der Waals surface area contributed by atoms with Crippen molar-refractivity contribution in [1.82, 2.24) is 0 Å². The molecule has 0 aliphatic heterocycles. The molecule has 0 amide bonds. The Morgan fingerprint density at radius 1 is 0.412 bits per heavy atom. The lowest BCUT2D eigenvalue weighted by Crippen LogP contribution is -2.15. The van der Waals surface area contributed by atoms with E-state index in [4.69, 9.17) is 37.9 Å². The van der Waals surface area contributed by atoms with E-state index in [0.717, 1.165) is 18.8 Å². The summed E-state index contributed by atoms with van der Waals surface area (Å²) in [5.74, 6) is 0.853. The van der Waals surface area contributed by atoms with Gasteiger partial charge in [-0.25, -0.2) is 0 Å². The standard InChI is InChI=1S/C26H46O8/c1-2-3-4-8-11-27-12-13-28-14-15-29-16-17-30-18-19-31-20-21-32-22-23-33-24-25-34-26-9-6-5-7-10-26/h5-7,9-10H,2-4,8,11-25H2,1H3. The van der Waals surface area contributed by atoms with E-state index in [1.165, 1.54) is 19.3 Å². The fraction of sp³-hybridized carbons (Fsp3) is 0.769. The van der Waals surface area contributed by atoms with Crippen LogP contribution in [0.1, 0.15) is 32.6 Å². The van der Waals surface area contributed by atoms with Gasteiger partial charge in [0.25, 0.3) is 0 Å². The largest absolute Gasteiger partial charge is 0.491 e. The number of unbranched alkanes of at least 4 members (excludes halogenated alkanes) is 3. The van der Waals surface area contributed by atoms with Crippen molar-refractivity contribution in [3.05, 3.63) is 30.3 Å². The normalized spacial score (nSPS) is 11.2. The Kier molecular flexibility index (Phi) is 23.8. The predicted molar refractivity (Wildman–Crippen MR) is 132 cm³/mol. The smallest absolute Gasteiger partial charge is 0.119 e. The zero-order chi connectivity index (χ0) is 24.2. The van der Waals surface area contributed by atoms with E-state index in [-0.39, 0.29) is 0 Å². The van der Waals surface area contributed by atoms with Gasteiger partial charge >= 0.3 is 0 Å². The lowest BCUT2D eigenvalue weighted by atomic mass is 10.2. The SMILES string of the molecule is CCCCCCOCCOCCOCCOCCOCCOCCOCCOc1ccccc1. The van der Waals surface area contributed by atoms with Crippen molar-refractivity contribution in [2.75, 3.05) is 99.1 Å². The van der Waals surface area contributed by atoms with E-state index in [1.54, 1.807) is 0 Å². The molecule has 0 bridgehead atoms. The number of rotatable bonds is 27. The molecule has 0 N–H and O–H groups in total. The van der Waals surface area contributed by atoms with Crippen LogP contribution in [0.5, 0.6) is 5.75 Å². The van der Waals surface area contributed by atoms with Gasteiger partial charge in [-0.2, -0.15) is 0 Å². The molecule has 0 atom stereocenters. The van der Waals surface area contributed by atoms with Crippen LogP contribution in [0.3, 0.4) is 0 Å². The molecular formula is C26H46O8. The summed E-state index contributed by atoms with van der Waals surface area (Å²) in [6.07, 6.45) is 4.92. The third-order valence-electron chi connectivity index (χ3n) is 4.61. The zero-order valence-corrected chi connectivity index (χ0v) is 21.1. The van der Waals surface area contributed by atoms with Gasteiger partial charge in [-0.15, -0.1) is 0 Å². The molecule has 8 heteroatoms. The highest BCUT2D eigenvalue weighted by atomic mass is 16.6. The molecule has 0 aliphatic carbocycles. The van der Waals surface area contributed by atoms with Crippen molar-refractivity contribution < 1.29 is 37.9 Å². The van der Waals surface area contributed by atoms with Crippen LogP contribution in [0.4, 0.5) is 0 Å². The summed E-state index contributed by atoms with van der Waals surface area (Å²) in [6.45, 7) is 10.9. The number of hydrogen-bond donors (Lipinski definition) is 0. The quantitative estimate of drug-likeness (QED) is 0.174. The van der Waals surface area contributed by atoms with Crippen LogP contribution < -0.4 is 4.74 Å². The maximum Gasteiger partial charge on any atom is 0.119 e. The molecule has 198 valence electrons. The molecule has 0 spiro atoms. The first-order chi connectivity index (χ1) is 16.9. The van der Waals surface area contributed by atoms with Gasteiger partial charge in [0.05, 0.1) is 85.9 Å². The van der Waals surface area contributed by atoms with E-state index < -0.39 is 0 Å². The number of benzene rings is 1. The van der Waals surface area contributed by atoms with Crippen molar-refractivity contribution in [2.24, 2.45) is 0 Å². The minimum absolute atomic E-state index is 0.528. The van der Waals surface area contributed by atoms with Crippen molar-refractivity contribution >= 4 is 0 Å². The van der Waals surface area contributed by atoms with Crippen molar-refractivity contribution in [3.8, 4) is 5.75 Å². The van der Waals surface area contributed by atoms with Crippen LogP contribution in [-0.4, -0.2) is 99.1 Å². The number of hydrogen-bond acceptors (Lipinski definition) is 8. The van der Waals surface area contributed by atoms with Gasteiger partial charge in [0.2, 0.25) is 0 Å². The van der Waals surface area contributed by atoms with Gasteiger partial charge in [-0.05, 0) is 18.6 Å². The first-order valence-corrected chi connectivity index (χ1v) is 12.7. The highest BCUT2D eigenvalue weighted by molar-refractivity contribution is 5.20. The van der Waals surface area contributed by atoms with E-state index in [2.05, 4.69) is 6.92 Å². The number of para-hydroxylation sites is 1. The summed E-state index contributed by atoms with van der Waals surface area (Å²) >= 11 is 0. The number of ether oxygens (including phenoxy) is 8. The fourth-order valence-corrected chi connectivity index (χ4v) is 2.79. The lowest BCUT2D eigenvalue weighted by Gasteiger charge is -2.09. The molecule has 0 unspecified atom stereocenters.